The van der Waals surface area contributed by atoms with Crippen LogP contribution in [0.25, 0.3) is 15.2 Å². The fourth-order valence-corrected chi connectivity index (χ4v) is 5.21. The van der Waals surface area contributed by atoms with E-state index in [0.717, 1.165) is 31.5 Å². The van der Waals surface area contributed by atoms with Crippen molar-refractivity contribution in [2.24, 2.45) is 0 Å². The molecule has 0 spiro atoms. The van der Waals surface area contributed by atoms with Gasteiger partial charge in [0.15, 0.2) is 5.16 Å². The third-order valence-electron chi connectivity index (χ3n) is 4.81. The van der Waals surface area contributed by atoms with Gasteiger partial charge < -0.3 is 5.32 Å². The summed E-state index contributed by atoms with van der Waals surface area (Å²) in [6.45, 7) is 0. The topological polar surface area (TPSA) is 59.3 Å². The predicted molar refractivity (Wildman–Crippen MR) is 122 cm³/mol. The first-order valence-corrected chi connectivity index (χ1v) is 11.3. The van der Waals surface area contributed by atoms with Crippen LogP contribution in [0.15, 0.2) is 90.1 Å². The maximum atomic E-state index is 12.8. The summed E-state index contributed by atoms with van der Waals surface area (Å²) in [6, 6.07) is 28.0. The molecule has 3 aromatic carbocycles. The summed E-state index contributed by atoms with van der Waals surface area (Å²) < 4.78 is 3.17. The molecule has 0 fully saturated rings. The average molecular weight is 431 g/mol. The maximum absolute atomic E-state index is 12.8. The molecule has 1 N–H and O–H groups in total. The average Bonchev–Trinajstić information content (AvgIpc) is 3.36. The van der Waals surface area contributed by atoms with Crippen molar-refractivity contribution in [1.82, 2.24) is 19.9 Å². The van der Waals surface area contributed by atoms with Crippen molar-refractivity contribution >= 4 is 44.2 Å². The van der Waals surface area contributed by atoms with Gasteiger partial charge >= 0.3 is 0 Å². The first kappa shape index (κ1) is 18.8. The molecule has 30 heavy (non-hydrogen) atoms. The largest absolute Gasteiger partial charge is 0.344 e. The van der Waals surface area contributed by atoms with Gasteiger partial charge in [-0.1, -0.05) is 95.9 Å². The van der Waals surface area contributed by atoms with Crippen molar-refractivity contribution in [2.75, 3.05) is 5.75 Å². The Morgan fingerprint density at radius 1 is 0.900 bits per heavy atom. The summed E-state index contributed by atoms with van der Waals surface area (Å²) in [5.41, 5.74) is 3.17. The van der Waals surface area contributed by atoms with E-state index >= 15 is 0 Å². The van der Waals surface area contributed by atoms with Gasteiger partial charge in [0.2, 0.25) is 10.9 Å². The van der Waals surface area contributed by atoms with E-state index in [9.17, 15) is 4.79 Å². The van der Waals surface area contributed by atoms with Gasteiger partial charge in [-0.15, -0.1) is 10.2 Å². The molecule has 5 aromatic rings. The molecule has 0 unspecified atom stereocenters. The molecule has 2 heterocycles. The van der Waals surface area contributed by atoms with E-state index < -0.39 is 0 Å². The molecule has 0 aliphatic rings. The number of rotatable bonds is 6. The SMILES string of the molecule is O=C(CSc1nnc2sc3ccccc3n12)NC(c1ccccc1)c1ccccc1. The molecule has 0 radical (unpaired) electrons. The lowest BCUT2D eigenvalue weighted by atomic mass is 9.99. The van der Waals surface area contributed by atoms with Gasteiger partial charge in [0.05, 0.1) is 22.0 Å². The van der Waals surface area contributed by atoms with E-state index in [1.165, 1.54) is 11.8 Å². The van der Waals surface area contributed by atoms with Crippen molar-refractivity contribution in [3.8, 4) is 0 Å². The van der Waals surface area contributed by atoms with Gasteiger partial charge in [0.1, 0.15) is 0 Å². The number of hydrogen-bond acceptors (Lipinski definition) is 5. The molecule has 7 heteroatoms. The quantitative estimate of drug-likeness (QED) is 0.388. The first-order chi connectivity index (χ1) is 14.8. The van der Waals surface area contributed by atoms with E-state index in [2.05, 4.69) is 21.6 Å². The highest BCUT2D eigenvalue weighted by Gasteiger charge is 2.18. The molecule has 0 saturated heterocycles. The van der Waals surface area contributed by atoms with Gasteiger partial charge in [-0.2, -0.15) is 0 Å². The van der Waals surface area contributed by atoms with E-state index in [4.69, 9.17) is 0 Å². The van der Waals surface area contributed by atoms with Crippen molar-refractivity contribution < 1.29 is 4.79 Å². The third-order valence-corrected chi connectivity index (χ3v) is 6.76. The van der Waals surface area contributed by atoms with E-state index in [1.54, 1.807) is 11.3 Å². The summed E-state index contributed by atoms with van der Waals surface area (Å²) in [5.74, 6) is 0.218. The van der Waals surface area contributed by atoms with Gasteiger partial charge in [-0.25, -0.2) is 0 Å². The molecular formula is C23H18N4OS2. The van der Waals surface area contributed by atoms with Crippen LogP contribution in [0.1, 0.15) is 17.2 Å². The molecule has 148 valence electrons. The van der Waals surface area contributed by atoms with Crippen LogP contribution in [-0.4, -0.2) is 26.3 Å². The summed E-state index contributed by atoms with van der Waals surface area (Å²) in [5, 5.41) is 12.5. The van der Waals surface area contributed by atoms with Crippen molar-refractivity contribution in [1.29, 1.82) is 0 Å². The predicted octanol–water partition coefficient (Wildman–Crippen LogP) is 4.94. The number of carbonyl (C=O) groups excluding carboxylic acids is 1. The zero-order valence-corrected chi connectivity index (χ0v) is 17.6. The molecule has 5 rings (SSSR count). The Kier molecular flexibility index (Phi) is 5.21. The number of nitrogens with one attached hydrogen (secondary N) is 1. The Morgan fingerprint density at radius 3 is 2.23 bits per heavy atom. The fraction of sp³-hybridized carbons (Fsp3) is 0.0870. The number of nitrogens with zero attached hydrogens (tertiary/aromatic N) is 3. The van der Waals surface area contributed by atoms with Crippen molar-refractivity contribution in [3.63, 3.8) is 0 Å². The van der Waals surface area contributed by atoms with Gasteiger partial charge in [0, 0.05) is 0 Å². The highest BCUT2D eigenvalue weighted by molar-refractivity contribution is 7.99. The lowest BCUT2D eigenvalue weighted by molar-refractivity contribution is -0.119. The lowest BCUT2D eigenvalue weighted by Gasteiger charge is -2.19. The molecule has 5 nitrogen and oxygen atoms in total. The summed E-state index contributed by atoms with van der Waals surface area (Å²) in [6.07, 6.45) is 0. The van der Waals surface area contributed by atoms with Gasteiger partial charge in [0.25, 0.3) is 0 Å². The van der Waals surface area contributed by atoms with Crippen LogP contribution in [-0.2, 0) is 4.79 Å². The number of thioether (sulfide) groups is 1. The fourth-order valence-electron chi connectivity index (χ4n) is 3.43. The number of fused-ring (bicyclic) bond motifs is 3. The normalized spacial score (nSPS) is 11.4. The second-order valence-corrected chi connectivity index (χ2v) is 8.73. The molecule has 0 bridgehead atoms. The number of para-hydroxylation sites is 1. The van der Waals surface area contributed by atoms with Crippen LogP contribution in [0.3, 0.4) is 0 Å². The monoisotopic (exact) mass is 430 g/mol. The smallest absolute Gasteiger partial charge is 0.231 e. The molecule has 0 aliphatic heterocycles. The minimum Gasteiger partial charge on any atom is -0.344 e. The van der Waals surface area contributed by atoms with E-state index in [-0.39, 0.29) is 17.7 Å². The molecule has 1 amide bonds. The second-order valence-electron chi connectivity index (χ2n) is 6.78. The van der Waals surface area contributed by atoms with Crippen LogP contribution in [0.4, 0.5) is 0 Å². The standard InChI is InChI=1S/C23H18N4OS2/c28-20(24-21(16-9-3-1-4-10-16)17-11-5-2-6-12-17)15-29-22-25-26-23-27(22)18-13-7-8-14-19(18)30-23/h1-14,21H,15H2,(H,24,28). The van der Waals surface area contributed by atoms with Crippen LogP contribution >= 0.6 is 23.1 Å². The summed E-state index contributed by atoms with van der Waals surface area (Å²) in [7, 11) is 0. The number of carbonyl (C=O) groups is 1. The second kappa shape index (κ2) is 8.30. The number of amides is 1. The third kappa shape index (κ3) is 3.69. The minimum absolute atomic E-state index is 0.0472. The Hall–Kier alpha value is -3.16. The highest BCUT2D eigenvalue weighted by atomic mass is 32.2. The number of thiazole rings is 1. The Labute approximate surface area is 181 Å². The Morgan fingerprint density at radius 2 is 1.53 bits per heavy atom. The molecule has 2 aromatic heterocycles. The summed E-state index contributed by atoms with van der Waals surface area (Å²) >= 11 is 3.00. The van der Waals surface area contributed by atoms with Crippen LogP contribution in [0, 0.1) is 0 Å². The Balaban J connectivity index is 1.35. The van der Waals surface area contributed by atoms with Crippen LogP contribution < -0.4 is 5.32 Å². The van der Waals surface area contributed by atoms with Crippen molar-refractivity contribution in [2.45, 2.75) is 11.2 Å². The number of aromatic nitrogens is 3. The Bertz CT molecular complexity index is 1260. The van der Waals surface area contributed by atoms with Gasteiger partial charge in [-0.3, -0.25) is 9.20 Å². The van der Waals surface area contributed by atoms with E-state index in [1.807, 2.05) is 83.3 Å². The molecular weight excluding hydrogens is 412 g/mol. The molecule has 0 saturated carbocycles. The highest BCUT2D eigenvalue weighted by Crippen LogP contribution is 2.29. The molecule has 0 aliphatic carbocycles. The van der Waals surface area contributed by atoms with Crippen LogP contribution in [0.2, 0.25) is 0 Å². The van der Waals surface area contributed by atoms with E-state index in [0.29, 0.717) is 0 Å². The lowest BCUT2D eigenvalue weighted by Crippen LogP contribution is -2.30. The van der Waals surface area contributed by atoms with Crippen LogP contribution in [0.5, 0.6) is 0 Å². The number of hydrogen-bond donors (Lipinski definition) is 1. The minimum atomic E-state index is -0.194. The molecule has 0 atom stereocenters. The van der Waals surface area contributed by atoms with Crippen molar-refractivity contribution in [3.05, 3.63) is 96.1 Å². The first-order valence-electron chi connectivity index (χ1n) is 9.54. The zero-order chi connectivity index (χ0) is 20.3. The summed E-state index contributed by atoms with van der Waals surface area (Å²) in [4.78, 5) is 13.7. The maximum Gasteiger partial charge on any atom is 0.231 e. The zero-order valence-electron chi connectivity index (χ0n) is 15.9. The number of benzene rings is 3. The van der Waals surface area contributed by atoms with Gasteiger partial charge in [-0.05, 0) is 23.3 Å².